The van der Waals surface area contributed by atoms with Crippen molar-refractivity contribution < 1.29 is 14.7 Å². The highest BCUT2D eigenvalue weighted by atomic mass is 16.4. The number of carboxylic acids is 1. The van der Waals surface area contributed by atoms with Gasteiger partial charge in [-0.15, -0.1) is 0 Å². The van der Waals surface area contributed by atoms with Crippen molar-refractivity contribution in [3.63, 3.8) is 0 Å². The molecule has 1 aliphatic heterocycles. The standard InChI is InChI=1S/C16H28N2O3/c1-11(2)6-3-4-9-17-16(21)18-10-12-7-5-8-13(12)14(18)15(19)20/h11-14H,3-10H2,1-2H3,(H,17,21)(H,19,20). The number of rotatable bonds is 6. The molecule has 1 saturated heterocycles. The van der Waals surface area contributed by atoms with Crippen molar-refractivity contribution in [3.8, 4) is 0 Å². The molecule has 2 aliphatic rings. The Morgan fingerprint density at radius 2 is 2.05 bits per heavy atom. The van der Waals surface area contributed by atoms with Gasteiger partial charge < -0.3 is 15.3 Å². The van der Waals surface area contributed by atoms with E-state index in [4.69, 9.17) is 0 Å². The Labute approximate surface area is 127 Å². The highest BCUT2D eigenvalue weighted by molar-refractivity contribution is 5.83. The molecule has 0 spiro atoms. The van der Waals surface area contributed by atoms with Crippen LogP contribution in [0, 0.1) is 17.8 Å². The summed E-state index contributed by atoms with van der Waals surface area (Å²) < 4.78 is 0. The van der Waals surface area contributed by atoms with E-state index in [-0.39, 0.29) is 11.9 Å². The Balaban J connectivity index is 1.80. The summed E-state index contributed by atoms with van der Waals surface area (Å²) >= 11 is 0. The number of unbranched alkanes of at least 4 members (excludes halogenated alkanes) is 1. The molecule has 3 unspecified atom stereocenters. The van der Waals surface area contributed by atoms with Gasteiger partial charge in [0.05, 0.1) is 0 Å². The summed E-state index contributed by atoms with van der Waals surface area (Å²) in [6, 6.07) is -0.811. The van der Waals surface area contributed by atoms with E-state index in [1.54, 1.807) is 4.90 Å². The van der Waals surface area contributed by atoms with Gasteiger partial charge >= 0.3 is 12.0 Å². The Hall–Kier alpha value is -1.26. The lowest BCUT2D eigenvalue weighted by Gasteiger charge is -2.24. The molecule has 1 heterocycles. The first-order chi connectivity index (χ1) is 10.0. The molecule has 0 radical (unpaired) electrons. The minimum absolute atomic E-state index is 0.161. The molecule has 21 heavy (non-hydrogen) atoms. The number of carboxylic acid groups (broad SMARTS) is 1. The number of urea groups is 1. The van der Waals surface area contributed by atoms with Crippen LogP contribution in [0.2, 0.25) is 0 Å². The second kappa shape index (κ2) is 7.14. The summed E-state index contributed by atoms with van der Waals surface area (Å²) in [7, 11) is 0. The van der Waals surface area contributed by atoms with Crippen molar-refractivity contribution in [1.82, 2.24) is 10.2 Å². The van der Waals surface area contributed by atoms with Crippen molar-refractivity contribution in [2.75, 3.05) is 13.1 Å². The molecule has 0 aromatic heterocycles. The predicted octanol–water partition coefficient (Wildman–Crippen LogP) is 2.71. The van der Waals surface area contributed by atoms with Gasteiger partial charge in [0.25, 0.3) is 0 Å². The quantitative estimate of drug-likeness (QED) is 0.740. The highest BCUT2D eigenvalue weighted by Gasteiger charge is 2.49. The van der Waals surface area contributed by atoms with Gasteiger partial charge in [-0.3, -0.25) is 0 Å². The molecule has 3 atom stereocenters. The lowest BCUT2D eigenvalue weighted by atomic mass is 9.94. The van der Waals surface area contributed by atoms with Gasteiger partial charge in [-0.05, 0) is 37.0 Å². The number of aliphatic carboxylic acids is 1. The fourth-order valence-corrected chi connectivity index (χ4v) is 3.81. The number of carbonyl (C=O) groups excluding carboxylic acids is 1. The van der Waals surface area contributed by atoms with Gasteiger partial charge in [-0.1, -0.05) is 33.1 Å². The van der Waals surface area contributed by atoms with E-state index in [1.807, 2.05) is 0 Å². The lowest BCUT2D eigenvalue weighted by molar-refractivity contribution is -0.142. The molecule has 2 N–H and O–H groups in total. The van der Waals surface area contributed by atoms with Crippen LogP contribution in [0.5, 0.6) is 0 Å². The molecule has 0 aromatic carbocycles. The maximum absolute atomic E-state index is 12.2. The summed E-state index contributed by atoms with van der Waals surface area (Å²) in [6.45, 7) is 5.64. The number of nitrogens with zero attached hydrogens (tertiary/aromatic N) is 1. The molecule has 2 fully saturated rings. The second-order valence-electron chi connectivity index (χ2n) is 6.91. The normalized spacial score (nSPS) is 28.0. The first-order valence-corrected chi connectivity index (χ1v) is 8.28. The third-order valence-corrected chi connectivity index (χ3v) is 4.89. The molecular weight excluding hydrogens is 268 g/mol. The number of carbonyl (C=O) groups is 2. The summed E-state index contributed by atoms with van der Waals surface area (Å²) in [5.74, 6) is 0.390. The van der Waals surface area contributed by atoms with Gasteiger partial charge in [0.1, 0.15) is 6.04 Å². The number of likely N-dealkylation sites (tertiary alicyclic amines) is 1. The number of hydrogen-bond donors (Lipinski definition) is 2. The highest BCUT2D eigenvalue weighted by Crippen LogP contribution is 2.42. The zero-order chi connectivity index (χ0) is 15.4. The first kappa shape index (κ1) is 16.1. The van der Waals surface area contributed by atoms with Crippen LogP contribution in [-0.2, 0) is 4.79 Å². The predicted molar refractivity (Wildman–Crippen MR) is 81.0 cm³/mol. The van der Waals surface area contributed by atoms with Gasteiger partial charge in [0.15, 0.2) is 0 Å². The molecule has 1 saturated carbocycles. The van der Waals surface area contributed by atoms with Gasteiger partial charge in [-0.2, -0.15) is 0 Å². The average Bonchev–Trinajstić information content (AvgIpc) is 2.96. The number of amides is 2. The summed E-state index contributed by atoms with van der Waals surface area (Å²) in [5.41, 5.74) is 0. The van der Waals surface area contributed by atoms with Gasteiger partial charge in [0.2, 0.25) is 0 Å². The summed E-state index contributed by atoms with van der Waals surface area (Å²) in [6.07, 6.45) is 6.34. The summed E-state index contributed by atoms with van der Waals surface area (Å²) in [5, 5.41) is 12.3. The zero-order valence-corrected chi connectivity index (χ0v) is 13.2. The Morgan fingerprint density at radius 3 is 2.71 bits per heavy atom. The zero-order valence-electron chi connectivity index (χ0n) is 13.2. The molecular formula is C16H28N2O3. The number of nitrogens with one attached hydrogen (secondary N) is 1. The van der Waals surface area contributed by atoms with Crippen LogP contribution >= 0.6 is 0 Å². The molecule has 2 amide bonds. The minimum Gasteiger partial charge on any atom is -0.480 e. The maximum Gasteiger partial charge on any atom is 0.326 e. The smallest absolute Gasteiger partial charge is 0.326 e. The number of hydrogen-bond acceptors (Lipinski definition) is 2. The van der Waals surface area contributed by atoms with E-state index >= 15 is 0 Å². The third-order valence-electron chi connectivity index (χ3n) is 4.89. The van der Waals surface area contributed by atoms with Crippen LogP contribution in [0.15, 0.2) is 0 Å². The van der Waals surface area contributed by atoms with E-state index in [2.05, 4.69) is 19.2 Å². The first-order valence-electron chi connectivity index (χ1n) is 8.28. The van der Waals surface area contributed by atoms with Crippen LogP contribution in [0.4, 0.5) is 4.79 Å². The average molecular weight is 296 g/mol. The summed E-state index contributed by atoms with van der Waals surface area (Å²) in [4.78, 5) is 25.3. The number of fused-ring (bicyclic) bond motifs is 1. The van der Waals surface area contributed by atoms with E-state index in [0.717, 1.165) is 32.1 Å². The van der Waals surface area contributed by atoms with E-state index in [9.17, 15) is 14.7 Å². The van der Waals surface area contributed by atoms with Crippen molar-refractivity contribution in [2.45, 2.75) is 58.4 Å². The molecule has 0 bridgehead atoms. The molecule has 5 heteroatoms. The van der Waals surface area contributed by atoms with Gasteiger partial charge in [0, 0.05) is 13.1 Å². The third kappa shape index (κ3) is 3.89. The van der Waals surface area contributed by atoms with Gasteiger partial charge in [-0.25, -0.2) is 9.59 Å². The van der Waals surface area contributed by atoms with Crippen molar-refractivity contribution >= 4 is 12.0 Å². The maximum atomic E-state index is 12.2. The minimum atomic E-state index is -0.848. The SMILES string of the molecule is CC(C)CCCCNC(=O)N1CC2CCCC2C1C(=O)O. The lowest BCUT2D eigenvalue weighted by Crippen LogP contribution is -2.48. The van der Waals surface area contributed by atoms with Crippen molar-refractivity contribution in [2.24, 2.45) is 17.8 Å². The van der Waals surface area contributed by atoms with E-state index in [0.29, 0.717) is 24.9 Å². The second-order valence-corrected chi connectivity index (χ2v) is 6.91. The molecule has 2 rings (SSSR count). The fourth-order valence-electron chi connectivity index (χ4n) is 3.81. The van der Waals surface area contributed by atoms with Crippen LogP contribution in [0.3, 0.4) is 0 Å². The van der Waals surface area contributed by atoms with Crippen LogP contribution in [-0.4, -0.2) is 41.1 Å². The van der Waals surface area contributed by atoms with Crippen molar-refractivity contribution in [3.05, 3.63) is 0 Å². The fraction of sp³-hybridized carbons (Fsp3) is 0.875. The van der Waals surface area contributed by atoms with Crippen LogP contribution in [0.25, 0.3) is 0 Å². The largest absolute Gasteiger partial charge is 0.480 e. The Bertz CT molecular complexity index is 384. The van der Waals surface area contributed by atoms with Crippen LogP contribution < -0.4 is 5.32 Å². The molecule has 5 nitrogen and oxygen atoms in total. The van der Waals surface area contributed by atoms with E-state index in [1.165, 1.54) is 6.42 Å². The van der Waals surface area contributed by atoms with E-state index < -0.39 is 12.0 Å². The Morgan fingerprint density at radius 1 is 1.29 bits per heavy atom. The molecule has 120 valence electrons. The van der Waals surface area contributed by atoms with Crippen LogP contribution in [0.1, 0.15) is 52.4 Å². The van der Waals surface area contributed by atoms with Crippen molar-refractivity contribution in [1.29, 1.82) is 0 Å². The Kier molecular flexibility index (Phi) is 5.48. The monoisotopic (exact) mass is 296 g/mol. The topological polar surface area (TPSA) is 69.6 Å². The molecule has 1 aliphatic carbocycles. The molecule has 0 aromatic rings.